The molecule has 0 radical (unpaired) electrons. The Kier molecular flexibility index (Phi) is 8.47. The molecule has 1 rings (SSSR count). The molecular formula is C19H26O. The standard InChI is InChI=1S/C19H26O/c1-3-5-6-7-8-9-13-17(12-4-2)19-15-11-10-14-18(19)16-20/h2,10-11,14-17H,3,5-9,12-13H2,1H3. The summed E-state index contributed by atoms with van der Waals surface area (Å²) in [5, 5.41) is 0. The maximum atomic E-state index is 11.1. The SMILES string of the molecule is C#CCC(CCCCCCCC)c1ccccc1C=O. The van der Waals surface area contributed by atoms with Crippen molar-refractivity contribution in [3.05, 3.63) is 35.4 Å². The van der Waals surface area contributed by atoms with Gasteiger partial charge in [0.1, 0.15) is 6.29 Å². The number of hydrogen-bond donors (Lipinski definition) is 0. The van der Waals surface area contributed by atoms with Crippen LogP contribution in [-0.4, -0.2) is 6.29 Å². The van der Waals surface area contributed by atoms with Gasteiger partial charge in [-0.15, -0.1) is 12.3 Å². The van der Waals surface area contributed by atoms with Crippen LogP contribution < -0.4 is 0 Å². The fraction of sp³-hybridized carbons (Fsp3) is 0.526. The number of terminal acetylenes is 1. The molecule has 0 saturated heterocycles. The van der Waals surface area contributed by atoms with E-state index in [0.29, 0.717) is 5.92 Å². The summed E-state index contributed by atoms with van der Waals surface area (Å²) in [6, 6.07) is 7.83. The molecule has 0 fully saturated rings. The lowest BCUT2D eigenvalue weighted by molar-refractivity contribution is 0.112. The Morgan fingerprint density at radius 3 is 2.55 bits per heavy atom. The number of unbranched alkanes of at least 4 members (excludes halogenated alkanes) is 5. The predicted molar refractivity (Wildman–Crippen MR) is 86.0 cm³/mol. The Bertz CT molecular complexity index is 428. The second-order valence-electron chi connectivity index (χ2n) is 5.41. The number of carbonyl (C=O) groups is 1. The van der Waals surface area contributed by atoms with Gasteiger partial charge in [0, 0.05) is 12.0 Å². The third kappa shape index (κ3) is 5.61. The fourth-order valence-electron chi connectivity index (χ4n) is 2.67. The van der Waals surface area contributed by atoms with E-state index < -0.39 is 0 Å². The minimum Gasteiger partial charge on any atom is -0.298 e. The van der Waals surface area contributed by atoms with Gasteiger partial charge >= 0.3 is 0 Å². The third-order valence-corrected chi connectivity index (χ3v) is 3.83. The summed E-state index contributed by atoms with van der Waals surface area (Å²) >= 11 is 0. The second-order valence-corrected chi connectivity index (χ2v) is 5.41. The first kappa shape index (κ1) is 16.5. The summed E-state index contributed by atoms with van der Waals surface area (Å²) < 4.78 is 0. The van der Waals surface area contributed by atoms with Gasteiger partial charge in [-0.25, -0.2) is 0 Å². The van der Waals surface area contributed by atoms with Gasteiger partial charge < -0.3 is 0 Å². The molecule has 0 aliphatic carbocycles. The summed E-state index contributed by atoms with van der Waals surface area (Å²) in [5.74, 6) is 3.09. The van der Waals surface area contributed by atoms with E-state index in [9.17, 15) is 4.79 Å². The molecule has 0 bridgehead atoms. The monoisotopic (exact) mass is 270 g/mol. The van der Waals surface area contributed by atoms with Gasteiger partial charge in [-0.05, 0) is 17.9 Å². The zero-order valence-electron chi connectivity index (χ0n) is 12.6. The topological polar surface area (TPSA) is 17.1 Å². The largest absolute Gasteiger partial charge is 0.298 e. The maximum Gasteiger partial charge on any atom is 0.150 e. The average molecular weight is 270 g/mol. The molecule has 1 heteroatoms. The molecule has 0 saturated carbocycles. The molecule has 0 amide bonds. The summed E-state index contributed by atoms with van der Waals surface area (Å²) in [7, 11) is 0. The van der Waals surface area contributed by atoms with Crippen molar-refractivity contribution in [1.82, 2.24) is 0 Å². The van der Waals surface area contributed by atoms with Crippen molar-refractivity contribution in [3.8, 4) is 12.3 Å². The highest BCUT2D eigenvalue weighted by Gasteiger charge is 2.13. The first-order valence-corrected chi connectivity index (χ1v) is 7.81. The zero-order valence-corrected chi connectivity index (χ0v) is 12.6. The summed E-state index contributed by atoms with van der Waals surface area (Å²) in [4.78, 5) is 11.1. The number of benzene rings is 1. The van der Waals surface area contributed by atoms with Gasteiger partial charge in [0.05, 0.1) is 0 Å². The lowest BCUT2D eigenvalue weighted by Crippen LogP contribution is -2.02. The highest BCUT2D eigenvalue weighted by atomic mass is 16.1. The average Bonchev–Trinajstić information content (AvgIpc) is 2.49. The molecule has 1 unspecified atom stereocenters. The van der Waals surface area contributed by atoms with Gasteiger partial charge in [-0.1, -0.05) is 69.7 Å². The molecule has 0 heterocycles. The number of hydrogen-bond acceptors (Lipinski definition) is 1. The van der Waals surface area contributed by atoms with Crippen molar-refractivity contribution in [2.24, 2.45) is 0 Å². The quantitative estimate of drug-likeness (QED) is 0.318. The lowest BCUT2D eigenvalue weighted by Gasteiger charge is -2.16. The van der Waals surface area contributed by atoms with Crippen LogP contribution >= 0.6 is 0 Å². The minimum atomic E-state index is 0.326. The molecule has 108 valence electrons. The van der Waals surface area contributed by atoms with Crippen LogP contribution in [0.25, 0.3) is 0 Å². The fourth-order valence-corrected chi connectivity index (χ4v) is 2.67. The molecule has 1 atom stereocenters. The summed E-state index contributed by atoms with van der Waals surface area (Å²) in [6.45, 7) is 2.24. The molecular weight excluding hydrogens is 244 g/mol. The molecule has 0 aromatic heterocycles. The molecule has 0 N–H and O–H groups in total. The highest BCUT2D eigenvalue weighted by molar-refractivity contribution is 5.77. The van der Waals surface area contributed by atoms with Crippen LogP contribution in [0.4, 0.5) is 0 Å². The van der Waals surface area contributed by atoms with Crippen LogP contribution in [0.1, 0.15) is 80.1 Å². The lowest BCUT2D eigenvalue weighted by atomic mass is 9.87. The van der Waals surface area contributed by atoms with Crippen molar-refractivity contribution in [1.29, 1.82) is 0 Å². The van der Waals surface area contributed by atoms with Gasteiger partial charge in [-0.3, -0.25) is 4.79 Å². The van der Waals surface area contributed by atoms with E-state index in [4.69, 9.17) is 6.42 Å². The van der Waals surface area contributed by atoms with E-state index in [1.54, 1.807) is 0 Å². The Balaban J connectivity index is 2.52. The molecule has 0 aliphatic heterocycles. The van der Waals surface area contributed by atoms with E-state index in [1.165, 1.54) is 38.5 Å². The van der Waals surface area contributed by atoms with Crippen LogP contribution in [0.2, 0.25) is 0 Å². The van der Waals surface area contributed by atoms with Crippen LogP contribution in [-0.2, 0) is 0 Å². The molecule has 1 nitrogen and oxygen atoms in total. The van der Waals surface area contributed by atoms with Gasteiger partial charge in [0.15, 0.2) is 0 Å². The Morgan fingerprint density at radius 1 is 1.15 bits per heavy atom. The predicted octanol–water partition coefficient (Wildman–Crippen LogP) is 5.36. The van der Waals surface area contributed by atoms with Gasteiger partial charge in [-0.2, -0.15) is 0 Å². The van der Waals surface area contributed by atoms with Crippen molar-refractivity contribution in [2.75, 3.05) is 0 Å². The van der Waals surface area contributed by atoms with Crippen LogP contribution in [0.5, 0.6) is 0 Å². The number of carbonyl (C=O) groups excluding carboxylic acids is 1. The third-order valence-electron chi connectivity index (χ3n) is 3.83. The molecule has 0 spiro atoms. The Morgan fingerprint density at radius 2 is 1.85 bits per heavy atom. The maximum absolute atomic E-state index is 11.1. The Hall–Kier alpha value is -1.55. The van der Waals surface area contributed by atoms with Crippen molar-refractivity contribution < 1.29 is 4.79 Å². The minimum absolute atomic E-state index is 0.326. The Labute approximate surface area is 123 Å². The van der Waals surface area contributed by atoms with Crippen LogP contribution in [0.15, 0.2) is 24.3 Å². The van der Waals surface area contributed by atoms with E-state index in [1.807, 2.05) is 24.3 Å². The zero-order chi connectivity index (χ0) is 14.6. The summed E-state index contributed by atoms with van der Waals surface area (Å²) in [6.07, 6.45) is 16.0. The van der Waals surface area contributed by atoms with Crippen molar-refractivity contribution in [3.63, 3.8) is 0 Å². The van der Waals surface area contributed by atoms with Gasteiger partial charge in [0.25, 0.3) is 0 Å². The second kappa shape index (κ2) is 10.3. The summed E-state index contributed by atoms with van der Waals surface area (Å²) in [5.41, 5.74) is 1.91. The number of rotatable bonds is 10. The van der Waals surface area contributed by atoms with E-state index in [-0.39, 0.29) is 0 Å². The highest BCUT2D eigenvalue weighted by Crippen LogP contribution is 2.28. The number of aldehydes is 1. The van der Waals surface area contributed by atoms with E-state index in [2.05, 4.69) is 12.8 Å². The van der Waals surface area contributed by atoms with Crippen LogP contribution in [0, 0.1) is 12.3 Å². The van der Waals surface area contributed by atoms with E-state index in [0.717, 1.165) is 30.3 Å². The van der Waals surface area contributed by atoms with Gasteiger partial charge in [0.2, 0.25) is 0 Å². The molecule has 20 heavy (non-hydrogen) atoms. The molecule has 1 aromatic carbocycles. The smallest absolute Gasteiger partial charge is 0.150 e. The first-order chi connectivity index (χ1) is 9.83. The van der Waals surface area contributed by atoms with Crippen molar-refractivity contribution >= 4 is 6.29 Å². The normalized spacial score (nSPS) is 11.8. The molecule has 1 aromatic rings. The van der Waals surface area contributed by atoms with Crippen molar-refractivity contribution in [2.45, 2.75) is 64.2 Å². The first-order valence-electron chi connectivity index (χ1n) is 7.81. The van der Waals surface area contributed by atoms with E-state index >= 15 is 0 Å². The molecule has 0 aliphatic rings. The van der Waals surface area contributed by atoms with Crippen LogP contribution in [0.3, 0.4) is 0 Å².